The number of ether oxygens (including phenoxy) is 4. The number of rotatable bonds is 21. The van der Waals surface area contributed by atoms with E-state index < -0.39 is 49.1 Å². The molecule has 2 aliphatic rings. The van der Waals surface area contributed by atoms with Crippen LogP contribution in [0.1, 0.15) is 55.2 Å². The third kappa shape index (κ3) is 12.3. The van der Waals surface area contributed by atoms with Gasteiger partial charge in [0.25, 0.3) is 12.7 Å². The minimum Gasteiger partial charge on any atom is -0.420 e. The molecule has 0 fully saturated rings. The Morgan fingerprint density at radius 1 is 0.645 bits per heavy atom. The summed E-state index contributed by atoms with van der Waals surface area (Å²) in [5, 5.41) is 25.9. The van der Waals surface area contributed by atoms with Gasteiger partial charge in [0.1, 0.15) is 25.4 Å². The van der Waals surface area contributed by atoms with Crippen LogP contribution in [-0.4, -0.2) is 118 Å². The number of nitrogens with zero attached hydrogens (tertiary/aromatic N) is 4. The molecule has 0 saturated carbocycles. The lowest BCUT2D eigenvalue weighted by atomic mass is 10.2. The number of hydrogen-bond acceptors (Lipinski definition) is 18. The Hall–Kier alpha value is -4.70. The quantitative estimate of drug-likeness (QED) is 0.0536. The van der Waals surface area contributed by atoms with Crippen LogP contribution in [0, 0.1) is 23.7 Å². The number of esters is 2. The molecular weight excluding hydrogens is 920 g/mol. The summed E-state index contributed by atoms with van der Waals surface area (Å²) in [6.45, 7) is 3.26. The summed E-state index contributed by atoms with van der Waals surface area (Å²) >= 11 is 17.6. The van der Waals surface area contributed by atoms with Gasteiger partial charge in [-0.25, -0.2) is 9.59 Å². The highest BCUT2D eigenvalue weighted by atomic mass is 35.5. The van der Waals surface area contributed by atoms with Crippen molar-refractivity contribution in [2.75, 3.05) is 39.4 Å². The van der Waals surface area contributed by atoms with E-state index in [1.165, 1.54) is 55.1 Å². The summed E-state index contributed by atoms with van der Waals surface area (Å²) < 4.78 is 24.7. The Balaban J connectivity index is 1.19. The minimum atomic E-state index is -2.44. The van der Waals surface area contributed by atoms with Crippen LogP contribution in [0.4, 0.5) is 0 Å². The molecule has 6 atom stereocenters. The maximum Gasteiger partial charge on any atom is 0.341 e. The molecule has 2 N–H and O–H groups in total. The Bertz CT molecular complexity index is 2180. The van der Waals surface area contributed by atoms with Crippen molar-refractivity contribution in [1.29, 1.82) is 0 Å². The molecule has 6 rings (SSSR count). The molecule has 0 aliphatic carbocycles. The van der Waals surface area contributed by atoms with Crippen LogP contribution in [0.3, 0.4) is 0 Å². The van der Waals surface area contributed by atoms with E-state index in [1.807, 2.05) is 0 Å². The van der Waals surface area contributed by atoms with Crippen molar-refractivity contribution in [3.63, 3.8) is 0 Å². The first-order chi connectivity index (χ1) is 29.9. The van der Waals surface area contributed by atoms with Crippen LogP contribution in [0.5, 0.6) is 0 Å². The zero-order valence-electron chi connectivity index (χ0n) is 33.1. The highest BCUT2D eigenvalue weighted by Crippen LogP contribution is 2.34. The van der Waals surface area contributed by atoms with Gasteiger partial charge >= 0.3 is 11.9 Å². The summed E-state index contributed by atoms with van der Waals surface area (Å²) in [6, 6.07) is 13.9. The number of carbonyl (C=O) groups excluding carboxylic acids is 4. The summed E-state index contributed by atoms with van der Waals surface area (Å²) in [6.07, 6.45) is -2.47. The molecule has 6 heterocycles. The lowest BCUT2D eigenvalue weighted by Gasteiger charge is -2.34. The summed E-state index contributed by atoms with van der Waals surface area (Å²) in [4.78, 5) is 62.4. The number of carbonyl (C=O) groups is 4. The topological polar surface area (TPSA) is 159 Å². The van der Waals surface area contributed by atoms with E-state index in [-0.39, 0.29) is 51.0 Å². The van der Waals surface area contributed by atoms with Gasteiger partial charge in [-0.1, -0.05) is 47.2 Å². The van der Waals surface area contributed by atoms with Gasteiger partial charge in [0.2, 0.25) is 0 Å². The van der Waals surface area contributed by atoms with Crippen LogP contribution in [0.15, 0.2) is 84.1 Å². The number of Topliss-reactive ketones (excluding diaryl/α,β-unsaturated/α-hetero) is 2. The van der Waals surface area contributed by atoms with Gasteiger partial charge in [0.05, 0.1) is 44.6 Å². The molecule has 0 spiro atoms. The Labute approximate surface area is 384 Å². The van der Waals surface area contributed by atoms with Crippen LogP contribution < -0.4 is 0 Å². The molecule has 0 saturated heterocycles. The van der Waals surface area contributed by atoms with Crippen molar-refractivity contribution < 1.29 is 48.3 Å². The van der Waals surface area contributed by atoms with E-state index in [9.17, 15) is 29.4 Å². The molecule has 2 aliphatic heterocycles. The molecule has 4 aromatic heterocycles. The number of hydrogen-bond donors (Lipinski definition) is 2. The van der Waals surface area contributed by atoms with Gasteiger partial charge in [0, 0.05) is 34.6 Å². The Morgan fingerprint density at radius 3 is 1.39 bits per heavy atom. The maximum absolute atomic E-state index is 13.7. The van der Waals surface area contributed by atoms with Gasteiger partial charge in [0.15, 0.2) is 23.8 Å². The largest absolute Gasteiger partial charge is 0.420 e. The van der Waals surface area contributed by atoms with Crippen LogP contribution >= 0.6 is 68.5 Å². The predicted octanol–water partition coefficient (Wildman–Crippen LogP) is 6.42. The smallest absolute Gasteiger partial charge is 0.341 e. The zero-order valence-corrected chi connectivity index (χ0v) is 37.9. The molecule has 4 aromatic rings. The molecular formula is C42H40Cl2N4O10S4. The molecule has 6 unspecified atom stereocenters. The fourth-order valence-electron chi connectivity index (χ4n) is 6.08. The Kier molecular flexibility index (Phi) is 17.1. The van der Waals surface area contributed by atoms with Crippen molar-refractivity contribution in [2.24, 2.45) is 0 Å². The fraction of sp³-hybridized carbons (Fsp3) is 0.333. The van der Waals surface area contributed by atoms with E-state index >= 15 is 0 Å². The minimum absolute atomic E-state index is 0.0824. The highest BCUT2D eigenvalue weighted by Gasteiger charge is 2.42. The van der Waals surface area contributed by atoms with Gasteiger partial charge in [-0.3, -0.25) is 9.59 Å². The monoisotopic (exact) mass is 958 g/mol. The SMILES string of the molecule is CC#CCOC(CN1C=CN(CC(=O)c2cccs2)C1OC(=O)C(O)C(O)C(=O)OC1N(CC(=O)c2cccs2)C=CN1CC(OCC#CC)c1ccc(Cl)s1)c1ccc(Cl)s1. The van der Waals surface area contributed by atoms with E-state index in [4.69, 9.17) is 42.1 Å². The number of ketones is 2. The highest BCUT2D eigenvalue weighted by molar-refractivity contribution is 7.16. The molecule has 0 radical (unpaired) electrons. The second-order valence-electron chi connectivity index (χ2n) is 13.3. The van der Waals surface area contributed by atoms with Crippen molar-refractivity contribution in [1.82, 2.24) is 19.6 Å². The van der Waals surface area contributed by atoms with E-state index in [2.05, 4.69) is 23.7 Å². The number of halogens is 2. The molecule has 20 heteroatoms. The second kappa shape index (κ2) is 22.6. The fourth-order valence-corrected chi connectivity index (χ4v) is 9.60. The van der Waals surface area contributed by atoms with E-state index in [0.717, 1.165) is 9.75 Å². The van der Waals surface area contributed by atoms with Gasteiger partial charge < -0.3 is 48.8 Å². The lowest BCUT2D eigenvalue weighted by Crippen LogP contribution is -2.51. The summed E-state index contributed by atoms with van der Waals surface area (Å²) in [5.74, 6) is 7.99. The first kappa shape index (κ1) is 46.8. The normalized spacial score (nSPS) is 17.5. The van der Waals surface area contributed by atoms with Crippen LogP contribution in [-0.2, 0) is 28.5 Å². The lowest BCUT2D eigenvalue weighted by molar-refractivity contribution is -0.198. The van der Waals surface area contributed by atoms with Crippen molar-refractivity contribution >= 4 is 92.1 Å². The first-order valence-corrected chi connectivity index (χ1v) is 22.9. The van der Waals surface area contributed by atoms with E-state index in [1.54, 1.807) is 108 Å². The molecule has 14 nitrogen and oxygen atoms in total. The molecule has 0 aromatic carbocycles. The van der Waals surface area contributed by atoms with E-state index in [0.29, 0.717) is 18.4 Å². The molecule has 62 heavy (non-hydrogen) atoms. The predicted molar refractivity (Wildman–Crippen MR) is 237 cm³/mol. The first-order valence-electron chi connectivity index (χ1n) is 18.8. The van der Waals surface area contributed by atoms with Crippen molar-refractivity contribution in [3.05, 3.63) is 112 Å². The average molecular weight is 960 g/mol. The average Bonchev–Trinajstić information content (AvgIpc) is 4.13. The molecule has 0 bridgehead atoms. The number of aliphatic hydroxyl groups excluding tert-OH is 2. The molecule has 0 amide bonds. The van der Waals surface area contributed by atoms with Crippen LogP contribution in [0.25, 0.3) is 0 Å². The Morgan fingerprint density at radius 2 is 1.05 bits per heavy atom. The third-order valence-electron chi connectivity index (χ3n) is 9.15. The van der Waals surface area contributed by atoms with Gasteiger partial charge in [-0.05, 0) is 61.0 Å². The maximum atomic E-state index is 13.7. The van der Waals surface area contributed by atoms with Crippen molar-refractivity contribution in [2.45, 2.75) is 51.0 Å². The number of thiophene rings is 4. The zero-order chi connectivity index (χ0) is 44.2. The van der Waals surface area contributed by atoms with Crippen molar-refractivity contribution in [3.8, 4) is 23.7 Å². The number of aliphatic hydroxyl groups is 2. The summed E-state index contributed by atoms with van der Waals surface area (Å²) in [7, 11) is 0. The van der Waals surface area contributed by atoms with Crippen LogP contribution in [0.2, 0.25) is 8.67 Å². The van der Waals surface area contributed by atoms with Gasteiger partial charge in [-0.2, -0.15) is 0 Å². The van der Waals surface area contributed by atoms with Gasteiger partial charge in [-0.15, -0.1) is 57.2 Å². The summed E-state index contributed by atoms with van der Waals surface area (Å²) in [5.41, 5.74) is 0. The standard InChI is InChI=1S/C42H40Cl2N4O10S4/c1-3-5-19-55-29(33-11-13-35(43)61-33)25-47-17-15-45(23-27(49)31-9-7-21-59-31)41(47)57-39(53)37(51)38(52)40(54)58-42-46(24-28(50)32-10-8-22-60-32)16-18-48(42)26-30(56-20-6-4-2)34-12-14-36(44)62-34/h7-18,21-22,29-30,37-38,41-42,51-52H,19-20,23-26H2,1-2H3. The second-order valence-corrected chi connectivity index (χ2v) is 18.7. The third-order valence-corrected chi connectivity index (χ3v) is 13.6. The molecule has 326 valence electrons.